The zero-order chi connectivity index (χ0) is 13.0. The highest BCUT2D eigenvalue weighted by molar-refractivity contribution is 6.30. The third-order valence-electron chi connectivity index (χ3n) is 3.40. The molecular formula is C14H19ClN2O. The molecule has 0 spiro atoms. The second-order valence-electron chi connectivity index (χ2n) is 4.72. The minimum atomic E-state index is 0.0949. The topological polar surface area (TPSA) is 32.3 Å². The Kier molecular flexibility index (Phi) is 4.61. The zero-order valence-corrected chi connectivity index (χ0v) is 11.4. The fourth-order valence-electron chi connectivity index (χ4n) is 2.50. The number of carbonyl (C=O) groups excluding carboxylic acids is 1. The minimum absolute atomic E-state index is 0.0949. The molecule has 1 heterocycles. The van der Waals surface area contributed by atoms with E-state index in [-0.39, 0.29) is 5.91 Å². The van der Waals surface area contributed by atoms with Gasteiger partial charge in [-0.05, 0) is 44.5 Å². The molecule has 1 unspecified atom stereocenters. The van der Waals surface area contributed by atoms with Crippen LogP contribution in [0.15, 0.2) is 24.3 Å². The Morgan fingerprint density at radius 1 is 1.50 bits per heavy atom. The Labute approximate surface area is 113 Å². The molecule has 2 rings (SSSR count). The molecule has 0 saturated carbocycles. The van der Waals surface area contributed by atoms with Crippen molar-refractivity contribution in [3.05, 3.63) is 34.9 Å². The minimum Gasteiger partial charge on any atom is -0.334 e. The summed E-state index contributed by atoms with van der Waals surface area (Å²) in [5, 5.41) is 3.78. The third-order valence-corrected chi connectivity index (χ3v) is 3.63. The Hall–Kier alpha value is -1.06. The first-order chi connectivity index (χ1) is 8.72. The van der Waals surface area contributed by atoms with Crippen LogP contribution in [0.25, 0.3) is 0 Å². The van der Waals surface area contributed by atoms with Crippen LogP contribution >= 0.6 is 11.6 Å². The number of hydrogen-bond acceptors (Lipinski definition) is 2. The number of likely N-dealkylation sites (N-methyl/N-ethyl adjacent to an activating group) is 1. The van der Waals surface area contributed by atoms with E-state index in [0.29, 0.717) is 16.6 Å². The summed E-state index contributed by atoms with van der Waals surface area (Å²) in [6.45, 7) is 1.70. The second kappa shape index (κ2) is 6.21. The van der Waals surface area contributed by atoms with Crippen LogP contribution in [0.2, 0.25) is 5.02 Å². The molecule has 3 nitrogen and oxygen atoms in total. The molecule has 98 valence electrons. The maximum Gasteiger partial charge on any atom is 0.254 e. The molecule has 0 bridgehead atoms. The highest BCUT2D eigenvalue weighted by Gasteiger charge is 2.26. The Morgan fingerprint density at radius 3 is 3.06 bits per heavy atom. The van der Waals surface area contributed by atoms with E-state index in [1.54, 1.807) is 12.1 Å². The number of amides is 1. The van der Waals surface area contributed by atoms with E-state index in [0.717, 1.165) is 25.9 Å². The van der Waals surface area contributed by atoms with Gasteiger partial charge in [-0.3, -0.25) is 4.79 Å². The molecule has 1 aromatic carbocycles. The quantitative estimate of drug-likeness (QED) is 0.912. The lowest BCUT2D eigenvalue weighted by atomic mass is 10.0. The maximum atomic E-state index is 12.5. The van der Waals surface area contributed by atoms with Gasteiger partial charge in [-0.15, -0.1) is 0 Å². The van der Waals surface area contributed by atoms with Crippen molar-refractivity contribution in [2.45, 2.75) is 25.3 Å². The molecule has 1 aromatic rings. The van der Waals surface area contributed by atoms with Gasteiger partial charge in [-0.1, -0.05) is 17.7 Å². The lowest BCUT2D eigenvalue weighted by Gasteiger charge is -2.35. The van der Waals surface area contributed by atoms with E-state index in [2.05, 4.69) is 5.32 Å². The fourth-order valence-corrected chi connectivity index (χ4v) is 2.69. The van der Waals surface area contributed by atoms with Gasteiger partial charge >= 0.3 is 0 Å². The number of nitrogens with zero attached hydrogens (tertiary/aromatic N) is 1. The summed E-state index contributed by atoms with van der Waals surface area (Å²) in [4.78, 5) is 14.5. The predicted molar refractivity (Wildman–Crippen MR) is 74.1 cm³/mol. The number of piperidine rings is 1. The smallest absolute Gasteiger partial charge is 0.254 e. The summed E-state index contributed by atoms with van der Waals surface area (Å²) in [5.74, 6) is 0.0949. The molecule has 1 amide bonds. The molecular weight excluding hydrogens is 248 g/mol. The van der Waals surface area contributed by atoms with Crippen molar-refractivity contribution < 1.29 is 4.79 Å². The van der Waals surface area contributed by atoms with Crippen molar-refractivity contribution >= 4 is 17.5 Å². The van der Waals surface area contributed by atoms with E-state index in [9.17, 15) is 4.79 Å². The summed E-state index contributed by atoms with van der Waals surface area (Å²) in [7, 11) is 1.93. The molecule has 0 aliphatic carbocycles. The van der Waals surface area contributed by atoms with E-state index < -0.39 is 0 Å². The summed E-state index contributed by atoms with van der Waals surface area (Å²) < 4.78 is 0. The summed E-state index contributed by atoms with van der Waals surface area (Å²) in [6.07, 6.45) is 3.37. The van der Waals surface area contributed by atoms with Crippen LogP contribution in [0.4, 0.5) is 0 Å². The lowest BCUT2D eigenvalue weighted by molar-refractivity contribution is 0.0615. The highest BCUT2D eigenvalue weighted by Crippen LogP contribution is 2.20. The van der Waals surface area contributed by atoms with Crippen molar-refractivity contribution in [1.29, 1.82) is 0 Å². The number of carbonyl (C=O) groups is 1. The number of hydrogen-bond donors (Lipinski definition) is 1. The highest BCUT2D eigenvalue weighted by atomic mass is 35.5. The molecule has 1 fully saturated rings. The van der Waals surface area contributed by atoms with Gasteiger partial charge in [0.25, 0.3) is 5.91 Å². The average Bonchev–Trinajstić information content (AvgIpc) is 2.39. The van der Waals surface area contributed by atoms with E-state index in [4.69, 9.17) is 11.6 Å². The molecule has 4 heteroatoms. The van der Waals surface area contributed by atoms with E-state index in [1.165, 1.54) is 6.42 Å². The number of benzene rings is 1. The largest absolute Gasteiger partial charge is 0.334 e. The Morgan fingerprint density at radius 2 is 2.33 bits per heavy atom. The molecule has 0 radical (unpaired) electrons. The van der Waals surface area contributed by atoms with Crippen LogP contribution in [0, 0.1) is 0 Å². The van der Waals surface area contributed by atoms with Crippen LogP contribution in [-0.2, 0) is 0 Å². The normalized spacial score (nSPS) is 19.9. The lowest BCUT2D eigenvalue weighted by Crippen LogP contribution is -2.48. The Balaban J connectivity index is 2.15. The van der Waals surface area contributed by atoms with E-state index >= 15 is 0 Å². The van der Waals surface area contributed by atoms with Gasteiger partial charge in [0, 0.05) is 29.7 Å². The van der Waals surface area contributed by atoms with Crippen molar-refractivity contribution in [3.63, 3.8) is 0 Å². The monoisotopic (exact) mass is 266 g/mol. The van der Waals surface area contributed by atoms with Crippen molar-refractivity contribution in [3.8, 4) is 0 Å². The standard InChI is InChI=1S/C14H19ClN2O/c1-16-10-13-7-2-3-8-17(13)14(18)11-5-4-6-12(15)9-11/h4-6,9,13,16H,2-3,7-8,10H2,1H3. The van der Waals surface area contributed by atoms with Gasteiger partial charge in [-0.25, -0.2) is 0 Å². The fraction of sp³-hybridized carbons (Fsp3) is 0.500. The number of likely N-dealkylation sites (tertiary alicyclic amines) is 1. The SMILES string of the molecule is CNCC1CCCCN1C(=O)c1cccc(Cl)c1. The van der Waals surface area contributed by atoms with Crippen molar-refractivity contribution in [2.24, 2.45) is 0 Å². The third kappa shape index (κ3) is 3.03. The first-order valence-electron chi connectivity index (χ1n) is 6.43. The molecule has 1 aliphatic heterocycles. The van der Waals surface area contributed by atoms with Crippen LogP contribution in [0.1, 0.15) is 29.6 Å². The molecule has 0 aromatic heterocycles. The number of rotatable bonds is 3. The van der Waals surface area contributed by atoms with Crippen molar-refractivity contribution in [1.82, 2.24) is 10.2 Å². The van der Waals surface area contributed by atoms with Gasteiger partial charge < -0.3 is 10.2 Å². The van der Waals surface area contributed by atoms with Crippen LogP contribution in [-0.4, -0.2) is 37.0 Å². The van der Waals surface area contributed by atoms with Gasteiger partial charge in [0.2, 0.25) is 0 Å². The number of halogens is 1. The van der Waals surface area contributed by atoms with Gasteiger partial charge in [0.05, 0.1) is 0 Å². The molecule has 1 saturated heterocycles. The van der Waals surface area contributed by atoms with Gasteiger partial charge in [0.15, 0.2) is 0 Å². The molecule has 1 N–H and O–H groups in total. The first-order valence-corrected chi connectivity index (χ1v) is 6.81. The zero-order valence-electron chi connectivity index (χ0n) is 10.7. The summed E-state index contributed by atoms with van der Waals surface area (Å²) in [5.41, 5.74) is 0.686. The van der Waals surface area contributed by atoms with Crippen LogP contribution in [0.5, 0.6) is 0 Å². The summed E-state index contributed by atoms with van der Waals surface area (Å²) in [6, 6.07) is 7.50. The Bertz CT molecular complexity index is 420. The first kappa shape index (κ1) is 13.4. The molecule has 18 heavy (non-hydrogen) atoms. The van der Waals surface area contributed by atoms with Crippen molar-refractivity contribution in [2.75, 3.05) is 20.1 Å². The van der Waals surface area contributed by atoms with Crippen LogP contribution in [0.3, 0.4) is 0 Å². The maximum absolute atomic E-state index is 12.5. The molecule has 1 aliphatic rings. The number of nitrogens with one attached hydrogen (secondary N) is 1. The molecule has 1 atom stereocenters. The van der Waals surface area contributed by atoms with Gasteiger partial charge in [0.1, 0.15) is 0 Å². The average molecular weight is 267 g/mol. The van der Waals surface area contributed by atoms with Gasteiger partial charge in [-0.2, -0.15) is 0 Å². The van der Waals surface area contributed by atoms with E-state index in [1.807, 2.05) is 24.1 Å². The van der Waals surface area contributed by atoms with Crippen LogP contribution < -0.4 is 5.32 Å². The summed E-state index contributed by atoms with van der Waals surface area (Å²) >= 11 is 5.94. The second-order valence-corrected chi connectivity index (χ2v) is 5.15. The predicted octanol–water partition coefficient (Wildman–Crippen LogP) is 2.55.